The summed E-state index contributed by atoms with van der Waals surface area (Å²) >= 11 is 1.37. The van der Waals surface area contributed by atoms with Crippen molar-refractivity contribution >= 4 is 38.5 Å². The van der Waals surface area contributed by atoms with E-state index >= 15 is 0 Å². The van der Waals surface area contributed by atoms with E-state index in [1.807, 2.05) is 44.2 Å². The summed E-state index contributed by atoms with van der Waals surface area (Å²) < 4.78 is 6.15. The van der Waals surface area contributed by atoms with Gasteiger partial charge in [0.15, 0.2) is 5.13 Å². The quantitative estimate of drug-likeness (QED) is 0.567. The van der Waals surface area contributed by atoms with Crippen LogP contribution in [0.3, 0.4) is 0 Å². The van der Waals surface area contributed by atoms with Gasteiger partial charge >= 0.3 is 0 Å². The largest absolute Gasteiger partial charge is 0.497 e. The maximum Gasteiger partial charge on any atom is 0.251 e. The number of carbonyl (C=O) groups is 2. The van der Waals surface area contributed by atoms with Gasteiger partial charge in [-0.05, 0) is 47.2 Å². The number of benzene rings is 2. The van der Waals surface area contributed by atoms with Gasteiger partial charge in [-0.25, -0.2) is 4.98 Å². The number of thiazole rings is 1. The van der Waals surface area contributed by atoms with Crippen LogP contribution in [-0.4, -0.2) is 29.9 Å². The molecule has 1 atom stereocenters. The Balaban J connectivity index is 1.72. The summed E-state index contributed by atoms with van der Waals surface area (Å²) in [4.78, 5) is 30.2. The van der Waals surface area contributed by atoms with Crippen LogP contribution < -0.4 is 15.4 Å². The Bertz CT molecular complexity index is 1080. The molecule has 2 amide bonds. The molecule has 164 valence electrons. The Morgan fingerprint density at radius 3 is 2.32 bits per heavy atom. The number of rotatable bonds is 6. The van der Waals surface area contributed by atoms with E-state index in [4.69, 9.17) is 4.74 Å². The van der Waals surface area contributed by atoms with Gasteiger partial charge in [-0.2, -0.15) is 0 Å². The average Bonchev–Trinajstić information content (AvgIpc) is 3.12. The highest BCUT2D eigenvalue weighted by molar-refractivity contribution is 7.22. The first-order valence-corrected chi connectivity index (χ1v) is 11.1. The van der Waals surface area contributed by atoms with Crippen molar-refractivity contribution in [1.82, 2.24) is 10.3 Å². The molecule has 0 fully saturated rings. The lowest BCUT2D eigenvalue weighted by atomic mass is 9.86. The number of hydrogen-bond acceptors (Lipinski definition) is 5. The van der Waals surface area contributed by atoms with E-state index < -0.39 is 6.04 Å². The molecular formula is C24H29N3O3S. The smallest absolute Gasteiger partial charge is 0.251 e. The van der Waals surface area contributed by atoms with Crippen molar-refractivity contribution in [2.45, 2.75) is 46.1 Å². The summed E-state index contributed by atoms with van der Waals surface area (Å²) in [6, 6.07) is 12.4. The number of aromatic nitrogens is 1. The highest BCUT2D eigenvalue weighted by Gasteiger charge is 2.26. The van der Waals surface area contributed by atoms with Crippen LogP contribution in [0.25, 0.3) is 10.2 Å². The number of anilines is 1. The number of methoxy groups -OCH3 is 1. The molecule has 3 aromatic rings. The second-order valence-electron chi connectivity index (χ2n) is 8.86. The normalized spacial score (nSPS) is 12.6. The lowest BCUT2D eigenvalue weighted by Gasteiger charge is -2.22. The number of amides is 2. The third-order valence-electron chi connectivity index (χ3n) is 5.07. The fraction of sp³-hybridized carbons (Fsp3) is 0.375. The maximum atomic E-state index is 12.9. The van der Waals surface area contributed by atoms with Crippen molar-refractivity contribution in [3.05, 3.63) is 53.6 Å². The van der Waals surface area contributed by atoms with Gasteiger partial charge in [0.25, 0.3) is 5.91 Å². The summed E-state index contributed by atoms with van der Waals surface area (Å²) in [6.45, 7) is 10.2. The molecule has 0 aliphatic rings. The van der Waals surface area contributed by atoms with Crippen molar-refractivity contribution in [2.24, 2.45) is 5.92 Å². The summed E-state index contributed by atoms with van der Waals surface area (Å²) in [7, 11) is 1.61. The summed E-state index contributed by atoms with van der Waals surface area (Å²) in [5, 5.41) is 6.21. The molecule has 1 aromatic heterocycles. The van der Waals surface area contributed by atoms with Gasteiger partial charge in [-0.3, -0.25) is 9.59 Å². The van der Waals surface area contributed by atoms with Crippen molar-refractivity contribution in [1.29, 1.82) is 0 Å². The van der Waals surface area contributed by atoms with Crippen molar-refractivity contribution < 1.29 is 14.3 Å². The number of nitrogens with one attached hydrogen (secondary N) is 2. The Morgan fingerprint density at radius 1 is 1.06 bits per heavy atom. The fourth-order valence-electron chi connectivity index (χ4n) is 3.15. The van der Waals surface area contributed by atoms with Gasteiger partial charge in [0.1, 0.15) is 11.8 Å². The molecular weight excluding hydrogens is 410 g/mol. The van der Waals surface area contributed by atoms with Gasteiger partial charge in [0, 0.05) is 5.56 Å². The van der Waals surface area contributed by atoms with E-state index in [-0.39, 0.29) is 23.1 Å². The van der Waals surface area contributed by atoms with Gasteiger partial charge < -0.3 is 15.4 Å². The molecule has 0 saturated carbocycles. The minimum absolute atomic E-state index is 0.0105. The van der Waals surface area contributed by atoms with Gasteiger partial charge in [-0.15, -0.1) is 0 Å². The molecule has 1 heterocycles. The molecule has 2 aromatic carbocycles. The molecule has 0 radical (unpaired) electrons. The zero-order valence-corrected chi connectivity index (χ0v) is 19.6. The van der Waals surface area contributed by atoms with Crippen LogP contribution >= 0.6 is 11.3 Å². The Kier molecular flexibility index (Phi) is 6.65. The first kappa shape index (κ1) is 22.7. The van der Waals surface area contributed by atoms with Crippen LogP contribution in [0.1, 0.15) is 50.5 Å². The molecule has 3 rings (SSSR count). The van der Waals surface area contributed by atoms with Crippen LogP contribution in [0.15, 0.2) is 42.5 Å². The zero-order valence-electron chi connectivity index (χ0n) is 18.8. The first-order chi connectivity index (χ1) is 14.6. The monoisotopic (exact) mass is 439 g/mol. The van der Waals surface area contributed by atoms with E-state index in [1.54, 1.807) is 19.2 Å². The highest BCUT2D eigenvalue weighted by atomic mass is 32.1. The minimum atomic E-state index is -0.684. The van der Waals surface area contributed by atoms with Crippen LogP contribution in [0.2, 0.25) is 0 Å². The van der Waals surface area contributed by atoms with Crippen LogP contribution in [0.5, 0.6) is 5.75 Å². The minimum Gasteiger partial charge on any atom is -0.497 e. The van der Waals surface area contributed by atoms with E-state index in [1.165, 1.54) is 11.3 Å². The number of ether oxygens (including phenoxy) is 1. The van der Waals surface area contributed by atoms with Gasteiger partial charge in [0.05, 0.1) is 17.3 Å². The first-order valence-electron chi connectivity index (χ1n) is 10.3. The standard InChI is InChI=1S/C24H29N3O3S/c1-14(2)20(26-21(28)15-7-9-16(10-8-15)24(3,4)5)22(29)27-23-25-18-12-11-17(30-6)13-19(18)31-23/h7-14,20H,1-6H3,(H,26,28)(H,25,27,29)/t20-/m0/s1. The molecule has 31 heavy (non-hydrogen) atoms. The molecule has 0 aliphatic carbocycles. The van der Waals surface area contributed by atoms with Crippen LogP contribution in [-0.2, 0) is 10.2 Å². The number of hydrogen-bond donors (Lipinski definition) is 2. The fourth-order valence-corrected chi connectivity index (χ4v) is 4.05. The zero-order chi connectivity index (χ0) is 22.8. The number of carbonyl (C=O) groups excluding carboxylic acids is 2. The molecule has 2 N–H and O–H groups in total. The Morgan fingerprint density at radius 2 is 1.74 bits per heavy atom. The van der Waals surface area contributed by atoms with Crippen molar-refractivity contribution in [3.63, 3.8) is 0 Å². The Hall–Kier alpha value is -2.93. The molecule has 0 spiro atoms. The highest BCUT2D eigenvalue weighted by Crippen LogP contribution is 2.29. The summed E-state index contributed by atoms with van der Waals surface area (Å²) in [5.41, 5.74) is 2.47. The van der Waals surface area contributed by atoms with E-state index in [2.05, 4.69) is 36.4 Å². The molecule has 0 unspecified atom stereocenters. The summed E-state index contributed by atoms with van der Waals surface area (Å²) in [6.07, 6.45) is 0. The predicted octanol–water partition coefficient (Wildman–Crippen LogP) is 5.00. The molecule has 6 nitrogen and oxygen atoms in total. The van der Waals surface area contributed by atoms with Crippen LogP contribution in [0, 0.1) is 5.92 Å². The van der Waals surface area contributed by atoms with E-state index in [9.17, 15) is 9.59 Å². The predicted molar refractivity (Wildman–Crippen MR) is 126 cm³/mol. The molecule has 0 bridgehead atoms. The third kappa shape index (κ3) is 5.41. The lowest BCUT2D eigenvalue weighted by Crippen LogP contribution is -2.47. The van der Waals surface area contributed by atoms with E-state index in [0.29, 0.717) is 10.7 Å². The second-order valence-corrected chi connectivity index (χ2v) is 9.90. The lowest BCUT2D eigenvalue weighted by molar-refractivity contribution is -0.118. The topological polar surface area (TPSA) is 80.3 Å². The molecule has 0 saturated heterocycles. The number of nitrogens with zero attached hydrogens (tertiary/aromatic N) is 1. The molecule has 7 heteroatoms. The second kappa shape index (κ2) is 9.06. The summed E-state index contributed by atoms with van der Waals surface area (Å²) in [5.74, 6) is 0.0788. The Labute approximate surface area is 187 Å². The van der Waals surface area contributed by atoms with E-state index in [0.717, 1.165) is 21.5 Å². The third-order valence-corrected chi connectivity index (χ3v) is 6.01. The van der Waals surface area contributed by atoms with Crippen molar-refractivity contribution in [3.8, 4) is 5.75 Å². The van der Waals surface area contributed by atoms with Gasteiger partial charge in [-0.1, -0.05) is 58.1 Å². The SMILES string of the molecule is COc1ccc2nc(NC(=O)[C@@H](NC(=O)c3ccc(C(C)(C)C)cc3)C(C)C)sc2c1. The van der Waals surface area contributed by atoms with Gasteiger partial charge in [0.2, 0.25) is 5.91 Å². The van der Waals surface area contributed by atoms with Crippen molar-refractivity contribution in [2.75, 3.05) is 12.4 Å². The maximum absolute atomic E-state index is 12.9. The average molecular weight is 440 g/mol. The van der Waals surface area contributed by atoms with Crippen LogP contribution in [0.4, 0.5) is 5.13 Å². The number of fused-ring (bicyclic) bond motifs is 1. The molecule has 0 aliphatic heterocycles.